The van der Waals surface area contributed by atoms with Crippen LogP contribution in [-0.2, 0) is 11.8 Å². The normalized spacial score (nSPS) is 11.2. The van der Waals surface area contributed by atoms with Crippen LogP contribution in [0.25, 0.3) is 22.2 Å². The fourth-order valence-corrected chi connectivity index (χ4v) is 4.56. The van der Waals surface area contributed by atoms with Gasteiger partial charge in [0, 0.05) is 61.1 Å². The molecule has 2 heterocycles. The molecule has 0 saturated carbocycles. The third-order valence-corrected chi connectivity index (χ3v) is 6.56. The Kier molecular flexibility index (Phi) is 8.51. The minimum absolute atomic E-state index is 0.188. The first kappa shape index (κ1) is 27.7. The molecule has 204 valence electrons. The van der Waals surface area contributed by atoms with Gasteiger partial charge in [-0.05, 0) is 52.2 Å². The highest BCUT2D eigenvalue weighted by molar-refractivity contribution is 6.02. The van der Waals surface area contributed by atoms with E-state index in [0.29, 0.717) is 23.1 Å². The van der Waals surface area contributed by atoms with Crippen LogP contribution in [0.3, 0.4) is 0 Å². The van der Waals surface area contributed by atoms with Crippen molar-refractivity contribution < 1.29 is 9.53 Å². The van der Waals surface area contributed by atoms with Crippen LogP contribution < -0.4 is 20.3 Å². The van der Waals surface area contributed by atoms with Gasteiger partial charge < -0.3 is 29.7 Å². The number of hydrogen-bond donors (Lipinski definition) is 2. The van der Waals surface area contributed by atoms with E-state index in [4.69, 9.17) is 9.72 Å². The number of carbonyl (C=O) groups excluding carboxylic acids is 1. The highest BCUT2D eigenvalue weighted by Gasteiger charge is 2.20. The number of nitrogens with zero attached hydrogens (tertiary/aromatic N) is 5. The first-order valence-electron chi connectivity index (χ1n) is 12.9. The molecule has 1 amide bonds. The van der Waals surface area contributed by atoms with Gasteiger partial charge in [0.2, 0.25) is 11.9 Å². The van der Waals surface area contributed by atoms with Gasteiger partial charge in [0.05, 0.1) is 29.9 Å². The van der Waals surface area contributed by atoms with E-state index in [1.165, 1.54) is 6.08 Å². The van der Waals surface area contributed by atoms with Crippen LogP contribution in [0, 0.1) is 0 Å². The van der Waals surface area contributed by atoms with Crippen LogP contribution >= 0.6 is 0 Å². The van der Waals surface area contributed by atoms with Crippen molar-refractivity contribution in [1.29, 1.82) is 0 Å². The average molecular weight is 528 g/mol. The molecule has 0 fully saturated rings. The Balaban J connectivity index is 1.74. The van der Waals surface area contributed by atoms with E-state index in [0.717, 1.165) is 40.9 Å². The molecule has 2 aromatic heterocycles. The zero-order chi connectivity index (χ0) is 28.1. The minimum atomic E-state index is -0.294. The molecular weight excluding hydrogens is 490 g/mol. The zero-order valence-corrected chi connectivity index (χ0v) is 23.5. The standard InChI is InChI=1S/C30H37N7O2/c1-8-29(38)32-24-17-25(28(39-7)18-27(24)37(20(2)3)16-15-35(4)5)34-30-31-14-13-23(33-30)22-19-36(6)26-12-10-9-11-21(22)26/h8-14,17-20H,1,15-16H2,2-7H3,(H,32,38)(H,31,33,34). The Morgan fingerprint density at radius 3 is 2.62 bits per heavy atom. The maximum atomic E-state index is 12.4. The van der Waals surface area contributed by atoms with E-state index in [-0.39, 0.29) is 11.9 Å². The van der Waals surface area contributed by atoms with Crippen molar-refractivity contribution in [3.05, 3.63) is 67.5 Å². The average Bonchev–Trinajstić information content (AvgIpc) is 3.26. The second-order valence-corrected chi connectivity index (χ2v) is 9.91. The zero-order valence-electron chi connectivity index (χ0n) is 23.5. The summed E-state index contributed by atoms with van der Waals surface area (Å²) >= 11 is 0. The lowest BCUT2D eigenvalue weighted by atomic mass is 10.1. The Morgan fingerprint density at radius 1 is 1.15 bits per heavy atom. The molecular formula is C30H37N7O2. The van der Waals surface area contributed by atoms with Crippen LogP contribution in [0.4, 0.5) is 23.0 Å². The highest BCUT2D eigenvalue weighted by atomic mass is 16.5. The predicted octanol–water partition coefficient (Wildman–Crippen LogP) is 5.29. The molecule has 2 aromatic carbocycles. The van der Waals surface area contributed by atoms with Gasteiger partial charge in [0.25, 0.3) is 0 Å². The Labute approximate surface area is 230 Å². The number of benzene rings is 2. The number of carbonyl (C=O) groups is 1. The van der Waals surface area contributed by atoms with Crippen LogP contribution in [0.2, 0.25) is 0 Å². The molecule has 0 spiro atoms. The maximum absolute atomic E-state index is 12.4. The molecule has 39 heavy (non-hydrogen) atoms. The number of methoxy groups -OCH3 is 1. The van der Waals surface area contributed by atoms with Gasteiger partial charge >= 0.3 is 0 Å². The molecule has 4 aromatic rings. The highest BCUT2D eigenvalue weighted by Crippen LogP contribution is 2.39. The lowest BCUT2D eigenvalue weighted by molar-refractivity contribution is -0.111. The molecule has 2 N–H and O–H groups in total. The number of para-hydroxylation sites is 1. The summed E-state index contributed by atoms with van der Waals surface area (Å²) in [7, 11) is 7.73. The monoisotopic (exact) mass is 527 g/mol. The van der Waals surface area contributed by atoms with Gasteiger partial charge in [-0.3, -0.25) is 4.79 Å². The first-order valence-corrected chi connectivity index (χ1v) is 12.9. The Hall–Kier alpha value is -4.37. The summed E-state index contributed by atoms with van der Waals surface area (Å²) in [6, 6.07) is 14.1. The van der Waals surface area contributed by atoms with E-state index >= 15 is 0 Å². The van der Waals surface area contributed by atoms with Gasteiger partial charge in [-0.1, -0.05) is 24.8 Å². The Morgan fingerprint density at radius 2 is 1.92 bits per heavy atom. The molecule has 0 aliphatic carbocycles. The van der Waals surface area contributed by atoms with Crippen molar-refractivity contribution in [1.82, 2.24) is 19.4 Å². The number of anilines is 4. The molecule has 0 aliphatic heterocycles. The number of ether oxygens (including phenoxy) is 1. The van der Waals surface area contributed by atoms with Crippen LogP contribution in [0.5, 0.6) is 5.75 Å². The molecule has 4 rings (SSSR count). The second kappa shape index (κ2) is 12.0. The number of fused-ring (bicyclic) bond motifs is 1. The molecule has 0 aliphatic rings. The summed E-state index contributed by atoms with van der Waals surface area (Å²) in [6.45, 7) is 9.49. The topological polar surface area (TPSA) is 87.5 Å². The number of likely N-dealkylation sites (N-methyl/N-ethyl adjacent to an activating group) is 1. The largest absolute Gasteiger partial charge is 0.494 e. The fraction of sp³-hybridized carbons (Fsp3) is 0.300. The number of rotatable bonds is 11. The van der Waals surface area contributed by atoms with Crippen molar-refractivity contribution in [2.75, 3.05) is 49.8 Å². The summed E-state index contributed by atoms with van der Waals surface area (Å²) < 4.78 is 7.87. The Bertz CT molecular complexity index is 1480. The van der Waals surface area contributed by atoms with E-state index in [2.05, 4.69) is 68.7 Å². The maximum Gasteiger partial charge on any atom is 0.247 e. The summed E-state index contributed by atoms with van der Waals surface area (Å²) in [5.74, 6) is 0.731. The number of amides is 1. The SMILES string of the molecule is C=CC(=O)Nc1cc(Nc2nccc(-c3cn(C)c4ccccc34)n2)c(OC)cc1N(CCN(C)C)C(C)C. The fourth-order valence-electron chi connectivity index (χ4n) is 4.56. The molecule has 0 atom stereocenters. The molecule has 0 bridgehead atoms. The first-order chi connectivity index (χ1) is 18.7. The summed E-state index contributed by atoms with van der Waals surface area (Å²) in [5, 5.41) is 7.40. The third kappa shape index (κ3) is 6.21. The van der Waals surface area contributed by atoms with Crippen LogP contribution in [0.15, 0.2) is 67.5 Å². The van der Waals surface area contributed by atoms with Gasteiger partial charge in [-0.2, -0.15) is 0 Å². The summed E-state index contributed by atoms with van der Waals surface area (Å²) in [6.07, 6.45) is 5.07. The van der Waals surface area contributed by atoms with Crippen molar-refractivity contribution in [2.24, 2.45) is 7.05 Å². The molecule has 9 heteroatoms. The quantitative estimate of drug-likeness (QED) is 0.256. The minimum Gasteiger partial charge on any atom is -0.494 e. The van der Waals surface area contributed by atoms with E-state index in [1.54, 1.807) is 13.3 Å². The lowest BCUT2D eigenvalue weighted by Crippen LogP contribution is -2.37. The van der Waals surface area contributed by atoms with Crippen LogP contribution in [-0.4, -0.2) is 65.7 Å². The van der Waals surface area contributed by atoms with E-state index in [1.807, 2.05) is 51.5 Å². The molecule has 0 radical (unpaired) electrons. The van der Waals surface area contributed by atoms with Crippen molar-refractivity contribution in [2.45, 2.75) is 19.9 Å². The third-order valence-electron chi connectivity index (χ3n) is 6.56. The van der Waals surface area contributed by atoms with Crippen molar-refractivity contribution in [3.8, 4) is 17.0 Å². The predicted molar refractivity (Wildman–Crippen MR) is 160 cm³/mol. The smallest absolute Gasteiger partial charge is 0.247 e. The van der Waals surface area contributed by atoms with E-state index < -0.39 is 0 Å². The molecule has 0 saturated heterocycles. The summed E-state index contributed by atoms with van der Waals surface area (Å²) in [5.41, 5.74) is 5.08. The number of aromatic nitrogens is 3. The lowest BCUT2D eigenvalue weighted by Gasteiger charge is -2.32. The molecule has 9 nitrogen and oxygen atoms in total. The second-order valence-electron chi connectivity index (χ2n) is 9.91. The number of hydrogen-bond acceptors (Lipinski definition) is 7. The number of aryl methyl sites for hydroxylation is 1. The molecule has 0 unspecified atom stereocenters. The van der Waals surface area contributed by atoms with Crippen LogP contribution in [0.1, 0.15) is 13.8 Å². The van der Waals surface area contributed by atoms with Gasteiger partial charge in [-0.25, -0.2) is 9.97 Å². The van der Waals surface area contributed by atoms with Crippen molar-refractivity contribution in [3.63, 3.8) is 0 Å². The van der Waals surface area contributed by atoms with Gasteiger partial charge in [-0.15, -0.1) is 0 Å². The van der Waals surface area contributed by atoms with Crippen molar-refractivity contribution >= 4 is 39.8 Å². The number of nitrogens with one attached hydrogen (secondary N) is 2. The van der Waals surface area contributed by atoms with E-state index in [9.17, 15) is 4.79 Å². The van der Waals surface area contributed by atoms with Gasteiger partial charge in [0.15, 0.2) is 0 Å². The summed E-state index contributed by atoms with van der Waals surface area (Å²) in [4.78, 5) is 26.0. The van der Waals surface area contributed by atoms with Gasteiger partial charge in [0.1, 0.15) is 5.75 Å².